The summed E-state index contributed by atoms with van der Waals surface area (Å²) >= 11 is 1.74. The number of aromatic nitrogens is 2. The molecule has 3 aromatic rings. The van der Waals surface area contributed by atoms with Crippen LogP contribution in [0.5, 0.6) is 0 Å². The van der Waals surface area contributed by atoms with E-state index in [4.69, 9.17) is 13.7 Å². The van der Waals surface area contributed by atoms with Crippen LogP contribution in [0.4, 0.5) is 0 Å². The molecule has 1 unspecified atom stereocenters. The minimum Gasteiger partial charge on any atom is -0.455 e. The number of thioether (sulfide) groups is 1. The monoisotopic (exact) mass is 342 g/mol. The lowest BCUT2D eigenvalue weighted by Gasteiger charge is -2.00. The van der Waals surface area contributed by atoms with Gasteiger partial charge in [0.1, 0.15) is 5.76 Å². The summed E-state index contributed by atoms with van der Waals surface area (Å²) in [6, 6.07) is 12.3. The molecule has 0 radical (unpaired) electrons. The standard InChI is InChI=1S/C18H18N2O3S/c1-12-2-5-15(6-3-12)24-11-14-4-7-16(22-14)18-19-17(20-23-18)13-8-9-21-10-13/h2-7,13H,8-11H2,1H3. The molecule has 6 heteroatoms. The Balaban J connectivity index is 1.41. The molecule has 5 nitrogen and oxygen atoms in total. The highest BCUT2D eigenvalue weighted by molar-refractivity contribution is 7.98. The minimum atomic E-state index is 0.231. The van der Waals surface area contributed by atoms with Gasteiger partial charge in [0.2, 0.25) is 0 Å². The van der Waals surface area contributed by atoms with Gasteiger partial charge in [-0.3, -0.25) is 0 Å². The first kappa shape index (κ1) is 15.5. The smallest absolute Gasteiger partial charge is 0.293 e. The van der Waals surface area contributed by atoms with E-state index in [9.17, 15) is 0 Å². The summed E-state index contributed by atoms with van der Waals surface area (Å²) in [6.45, 7) is 3.51. The molecular formula is C18H18N2O3S. The number of hydrogen-bond donors (Lipinski definition) is 0. The van der Waals surface area contributed by atoms with E-state index in [1.165, 1.54) is 10.5 Å². The molecule has 0 amide bonds. The van der Waals surface area contributed by atoms with Gasteiger partial charge in [0, 0.05) is 17.4 Å². The third kappa shape index (κ3) is 3.39. The van der Waals surface area contributed by atoms with Crippen LogP contribution in [0.25, 0.3) is 11.7 Å². The van der Waals surface area contributed by atoms with Gasteiger partial charge in [0.15, 0.2) is 11.6 Å². The topological polar surface area (TPSA) is 61.3 Å². The SMILES string of the molecule is Cc1ccc(SCc2ccc(-c3nc(C4CCOC4)no3)o2)cc1. The van der Waals surface area contributed by atoms with Crippen molar-refractivity contribution in [3.8, 4) is 11.7 Å². The van der Waals surface area contributed by atoms with Crippen LogP contribution < -0.4 is 0 Å². The van der Waals surface area contributed by atoms with E-state index in [1.807, 2.05) is 12.1 Å². The van der Waals surface area contributed by atoms with E-state index in [2.05, 4.69) is 41.3 Å². The number of benzene rings is 1. The minimum absolute atomic E-state index is 0.231. The lowest BCUT2D eigenvalue weighted by Crippen LogP contribution is -1.99. The number of hydrogen-bond acceptors (Lipinski definition) is 6. The van der Waals surface area contributed by atoms with Crippen LogP contribution >= 0.6 is 11.8 Å². The van der Waals surface area contributed by atoms with Gasteiger partial charge >= 0.3 is 0 Å². The summed E-state index contributed by atoms with van der Waals surface area (Å²) in [5.41, 5.74) is 1.26. The highest BCUT2D eigenvalue weighted by atomic mass is 32.2. The van der Waals surface area contributed by atoms with Crippen molar-refractivity contribution in [3.05, 3.63) is 53.5 Å². The summed E-state index contributed by atoms with van der Waals surface area (Å²) < 4.78 is 16.5. The van der Waals surface area contributed by atoms with Crippen LogP contribution in [0.1, 0.15) is 29.5 Å². The second-order valence-corrected chi connectivity index (χ2v) is 6.93. The van der Waals surface area contributed by atoms with Crippen molar-refractivity contribution < 1.29 is 13.7 Å². The highest BCUT2D eigenvalue weighted by Gasteiger charge is 2.24. The lowest BCUT2D eigenvalue weighted by atomic mass is 10.1. The molecular weight excluding hydrogens is 324 g/mol. The van der Waals surface area contributed by atoms with Crippen LogP contribution in [0, 0.1) is 6.92 Å². The van der Waals surface area contributed by atoms with E-state index in [0.717, 1.165) is 24.5 Å². The number of nitrogens with zero attached hydrogens (tertiary/aromatic N) is 2. The molecule has 0 spiro atoms. The maximum absolute atomic E-state index is 5.84. The molecule has 24 heavy (non-hydrogen) atoms. The second-order valence-electron chi connectivity index (χ2n) is 5.89. The summed E-state index contributed by atoms with van der Waals surface area (Å²) in [6.07, 6.45) is 0.940. The predicted octanol–water partition coefficient (Wildman–Crippen LogP) is 4.43. The van der Waals surface area contributed by atoms with E-state index >= 15 is 0 Å². The van der Waals surface area contributed by atoms with Gasteiger partial charge in [-0.2, -0.15) is 4.98 Å². The third-order valence-corrected chi connectivity index (χ3v) is 5.05. The molecule has 1 aliphatic rings. The molecule has 1 fully saturated rings. The molecule has 1 aliphatic heterocycles. The van der Waals surface area contributed by atoms with E-state index in [-0.39, 0.29) is 5.92 Å². The maximum atomic E-state index is 5.84. The van der Waals surface area contributed by atoms with E-state index < -0.39 is 0 Å². The van der Waals surface area contributed by atoms with Crippen LogP contribution in [-0.2, 0) is 10.5 Å². The highest BCUT2D eigenvalue weighted by Crippen LogP contribution is 2.29. The Kier molecular flexibility index (Phi) is 4.40. The van der Waals surface area contributed by atoms with Crippen molar-refractivity contribution >= 4 is 11.8 Å². The lowest BCUT2D eigenvalue weighted by molar-refractivity contribution is 0.192. The second kappa shape index (κ2) is 6.83. The fraction of sp³-hybridized carbons (Fsp3) is 0.333. The van der Waals surface area contributed by atoms with Crippen molar-refractivity contribution in [1.29, 1.82) is 0 Å². The fourth-order valence-electron chi connectivity index (χ4n) is 2.60. The van der Waals surface area contributed by atoms with Crippen molar-refractivity contribution in [2.75, 3.05) is 13.2 Å². The summed E-state index contributed by atoms with van der Waals surface area (Å²) in [5.74, 6) is 3.64. The zero-order valence-corrected chi connectivity index (χ0v) is 14.2. The Morgan fingerprint density at radius 1 is 1.17 bits per heavy atom. The van der Waals surface area contributed by atoms with Crippen molar-refractivity contribution in [2.45, 2.75) is 29.9 Å². The molecule has 0 N–H and O–H groups in total. The van der Waals surface area contributed by atoms with Gasteiger partial charge in [-0.05, 0) is 37.6 Å². The molecule has 3 heterocycles. The molecule has 1 aromatic carbocycles. The van der Waals surface area contributed by atoms with Gasteiger partial charge in [-0.25, -0.2) is 0 Å². The average molecular weight is 342 g/mol. The Hall–Kier alpha value is -2.05. The van der Waals surface area contributed by atoms with Crippen molar-refractivity contribution in [3.63, 3.8) is 0 Å². The summed E-state index contributed by atoms with van der Waals surface area (Å²) in [4.78, 5) is 5.67. The first-order chi connectivity index (χ1) is 11.8. The molecule has 4 rings (SSSR count). The maximum Gasteiger partial charge on any atom is 0.293 e. The largest absolute Gasteiger partial charge is 0.455 e. The Labute approximate surface area is 144 Å². The summed E-state index contributed by atoms with van der Waals surface area (Å²) in [7, 11) is 0. The quantitative estimate of drug-likeness (QED) is 0.639. The Morgan fingerprint density at radius 2 is 2.04 bits per heavy atom. The molecule has 0 saturated carbocycles. The van der Waals surface area contributed by atoms with Crippen LogP contribution in [0.3, 0.4) is 0 Å². The van der Waals surface area contributed by atoms with E-state index in [0.29, 0.717) is 24.1 Å². The predicted molar refractivity (Wildman–Crippen MR) is 90.9 cm³/mol. The Bertz CT molecular complexity index is 804. The fourth-order valence-corrected chi connectivity index (χ4v) is 3.39. The molecule has 2 aromatic heterocycles. The number of ether oxygens (including phenoxy) is 1. The molecule has 0 bridgehead atoms. The van der Waals surface area contributed by atoms with Gasteiger partial charge in [0.05, 0.1) is 12.4 Å². The van der Waals surface area contributed by atoms with Gasteiger partial charge in [0.25, 0.3) is 5.89 Å². The first-order valence-electron chi connectivity index (χ1n) is 7.98. The molecule has 1 saturated heterocycles. The van der Waals surface area contributed by atoms with Gasteiger partial charge < -0.3 is 13.7 Å². The zero-order valence-electron chi connectivity index (χ0n) is 13.4. The molecule has 1 atom stereocenters. The van der Waals surface area contributed by atoms with Crippen molar-refractivity contribution in [2.24, 2.45) is 0 Å². The summed E-state index contributed by atoms with van der Waals surface area (Å²) in [5, 5.41) is 4.05. The van der Waals surface area contributed by atoms with Crippen LogP contribution in [-0.4, -0.2) is 23.4 Å². The zero-order chi connectivity index (χ0) is 16.4. The number of furan rings is 1. The molecule has 124 valence electrons. The normalized spacial score (nSPS) is 17.5. The van der Waals surface area contributed by atoms with Crippen LogP contribution in [0.15, 0.2) is 50.2 Å². The third-order valence-electron chi connectivity index (χ3n) is 4.01. The van der Waals surface area contributed by atoms with Crippen LogP contribution in [0.2, 0.25) is 0 Å². The molecule has 0 aliphatic carbocycles. The Morgan fingerprint density at radius 3 is 2.83 bits per heavy atom. The number of rotatable bonds is 5. The number of aryl methyl sites for hydroxylation is 1. The van der Waals surface area contributed by atoms with Gasteiger partial charge in [-0.15, -0.1) is 11.8 Å². The average Bonchev–Trinajstić information content (AvgIpc) is 3.33. The van der Waals surface area contributed by atoms with E-state index in [1.54, 1.807) is 11.8 Å². The van der Waals surface area contributed by atoms with Crippen molar-refractivity contribution in [1.82, 2.24) is 10.1 Å². The first-order valence-corrected chi connectivity index (χ1v) is 8.96. The van der Waals surface area contributed by atoms with Gasteiger partial charge in [-0.1, -0.05) is 22.9 Å².